The second-order valence-electron chi connectivity index (χ2n) is 7.91. The number of aromatic nitrogens is 2. The van der Waals surface area contributed by atoms with Crippen LogP contribution in [-0.4, -0.2) is 28.5 Å². The van der Waals surface area contributed by atoms with Crippen molar-refractivity contribution >= 4 is 17.7 Å². The summed E-state index contributed by atoms with van der Waals surface area (Å²) >= 11 is -0.196. The molecule has 2 aromatic carbocycles. The molecule has 2 N–H and O–H groups in total. The average Bonchev–Trinajstić information content (AvgIpc) is 2.77. The number of nitrogens with zero attached hydrogens (tertiary/aromatic N) is 1. The number of nitrogens with one attached hydrogen (secondary N) is 2. The topological polar surface area (TPSA) is 84.1 Å². The molecule has 1 heterocycles. The number of methoxy groups -OCH3 is 1. The SMILES string of the molecule is COc1ccc(Cc2nc(C(=O)N[C@@H](c3ccc(SC(F)(F)F)cc3)C(C)C)cc(=O)[nH]2)cc1. The van der Waals surface area contributed by atoms with Gasteiger partial charge in [-0.25, -0.2) is 4.98 Å². The van der Waals surface area contributed by atoms with E-state index in [1.165, 1.54) is 12.1 Å². The third kappa shape index (κ3) is 7.11. The van der Waals surface area contributed by atoms with Gasteiger partial charge in [-0.15, -0.1) is 0 Å². The zero-order chi connectivity index (χ0) is 24.9. The summed E-state index contributed by atoms with van der Waals surface area (Å²) in [6.45, 7) is 3.76. The highest BCUT2D eigenvalue weighted by Crippen LogP contribution is 2.37. The first-order valence-electron chi connectivity index (χ1n) is 10.4. The highest BCUT2D eigenvalue weighted by Gasteiger charge is 2.29. The molecular formula is C24H24F3N3O3S. The lowest BCUT2D eigenvalue weighted by atomic mass is 9.96. The summed E-state index contributed by atoms with van der Waals surface area (Å²) in [5.74, 6) is 0.417. The summed E-state index contributed by atoms with van der Waals surface area (Å²) in [6, 6.07) is 13.7. The number of carbonyl (C=O) groups is 1. The maximum Gasteiger partial charge on any atom is 0.446 e. The minimum atomic E-state index is -4.37. The fourth-order valence-electron chi connectivity index (χ4n) is 3.37. The van der Waals surface area contributed by atoms with Crippen LogP contribution >= 0.6 is 11.8 Å². The lowest BCUT2D eigenvalue weighted by Crippen LogP contribution is -2.33. The van der Waals surface area contributed by atoms with E-state index in [2.05, 4.69) is 15.3 Å². The second kappa shape index (κ2) is 10.8. The maximum atomic E-state index is 12.9. The van der Waals surface area contributed by atoms with Crippen LogP contribution in [0.1, 0.15) is 47.3 Å². The molecule has 0 aliphatic carbocycles. The van der Waals surface area contributed by atoms with E-state index in [4.69, 9.17) is 4.74 Å². The van der Waals surface area contributed by atoms with Gasteiger partial charge in [0.15, 0.2) is 0 Å². The maximum absolute atomic E-state index is 12.9. The minimum Gasteiger partial charge on any atom is -0.497 e. The van der Waals surface area contributed by atoms with E-state index in [1.807, 2.05) is 26.0 Å². The van der Waals surface area contributed by atoms with Crippen LogP contribution in [0.5, 0.6) is 5.75 Å². The molecule has 1 amide bonds. The lowest BCUT2D eigenvalue weighted by Gasteiger charge is -2.23. The average molecular weight is 492 g/mol. The van der Waals surface area contributed by atoms with Crippen LogP contribution in [0, 0.1) is 5.92 Å². The fraction of sp³-hybridized carbons (Fsp3) is 0.292. The number of amides is 1. The van der Waals surface area contributed by atoms with Gasteiger partial charge in [0.1, 0.15) is 17.3 Å². The van der Waals surface area contributed by atoms with Crippen molar-refractivity contribution in [3.63, 3.8) is 0 Å². The first-order valence-corrected chi connectivity index (χ1v) is 11.3. The van der Waals surface area contributed by atoms with Crippen molar-refractivity contribution in [3.8, 4) is 5.75 Å². The van der Waals surface area contributed by atoms with Gasteiger partial charge in [-0.05, 0) is 53.1 Å². The van der Waals surface area contributed by atoms with Gasteiger partial charge in [-0.3, -0.25) is 9.59 Å². The first kappa shape index (κ1) is 25.4. The van der Waals surface area contributed by atoms with Crippen molar-refractivity contribution in [2.75, 3.05) is 7.11 Å². The number of benzene rings is 2. The largest absolute Gasteiger partial charge is 0.497 e. The normalized spacial score (nSPS) is 12.4. The third-order valence-corrected chi connectivity index (χ3v) is 5.72. The van der Waals surface area contributed by atoms with Crippen molar-refractivity contribution in [3.05, 3.63) is 87.6 Å². The number of alkyl halides is 3. The molecule has 0 unspecified atom stereocenters. The fourth-order valence-corrected chi connectivity index (χ4v) is 3.91. The Labute approximate surface area is 199 Å². The molecule has 0 radical (unpaired) electrons. The van der Waals surface area contributed by atoms with Gasteiger partial charge in [-0.2, -0.15) is 13.2 Å². The van der Waals surface area contributed by atoms with E-state index in [1.54, 1.807) is 31.4 Å². The molecule has 1 atom stereocenters. The molecule has 0 saturated heterocycles. The van der Waals surface area contributed by atoms with Crippen LogP contribution in [0.2, 0.25) is 0 Å². The molecule has 0 aliphatic heterocycles. The Morgan fingerprint density at radius 1 is 1.12 bits per heavy atom. The van der Waals surface area contributed by atoms with Crippen LogP contribution in [0.3, 0.4) is 0 Å². The molecule has 3 aromatic rings. The molecule has 0 aliphatic rings. The number of thioether (sulfide) groups is 1. The zero-order valence-corrected chi connectivity index (χ0v) is 19.6. The smallest absolute Gasteiger partial charge is 0.446 e. The van der Waals surface area contributed by atoms with Crippen LogP contribution in [0.15, 0.2) is 64.3 Å². The van der Waals surface area contributed by atoms with E-state index < -0.39 is 23.0 Å². The second-order valence-corrected chi connectivity index (χ2v) is 9.05. The number of ether oxygens (including phenoxy) is 1. The number of hydrogen-bond donors (Lipinski definition) is 2. The van der Waals surface area contributed by atoms with Gasteiger partial charge in [0.25, 0.3) is 11.5 Å². The van der Waals surface area contributed by atoms with E-state index in [0.29, 0.717) is 23.6 Å². The van der Waals surface area contributed by atoms with Crippen molar-refractivity contribution in [1.29, 1.82) is 0 Å². The van der Waals surface area contributed by atoms with Gasteiger partial charge < -0.3 is 15.0 Å². The summed E-state index contributed by atoms with van der Waals surface area (Å²) in [7, 11) is 1.57. The zero-order valence-electron chi connectivity index (χ0n) is 18.8. The lowest BCUT2D eigenvalue weighted by molar-refractivity contribution is -0.0328. The molecule has 6 nitrogen and oxygen atoms in total. The monoisotopic (exact) mass is 491 g/mol. The highest BCUT2D eigenvalue weighted by atomic mass is 32.2. The predicted molar refractivity (Wildman–Crippen MR) is 124 cm³/mol. The van der Waals surface area contributed by atoms with Gasteiger partial charge in [0.2, 0.25) is 0 Å². The molecule has 34 heavy (non-hydrogen) atoms. The standard InChI is InChI=1S/C24H24F3N3O3S/c1-14(2)22(16-6-10-18(11-7-16)34-24(25,26)27)30-23(32)19-13-21(31)29-20(28-19)12-15-4-8-17(33-3)9-5-15/h4-11,13-14,22H,12H2,1-3H3,(H,30,32)(H,28,29,31)/t22-/m1/s1. The summed E-state index contributed by atoms with van der Waals surface area (Å²) in [4.78, 5) is 32.1. The Balaban J connectivity index is 1.77. The molecule has 0 bridgehead atoms. The quantitative estimate of drug-likeness (QED) is 0.428. The van der Waals surface area contributed by atoms with E-state index >= 15 is 0 Å². The van der Waals surface area contributed by atoms with Crippen LogP contribution < -0.4 is 15.6 Å². The molecule has 10 heteroatoms. The van der Waals surface area contributed by atoms with Crippen molar-refractivity contribution in [2.24, 2.45) is 5.92 Å². The third-order valence-electron chi connectivity index (χ3n) is 4.98. The van der Waals surface area contributed by atoms with Crippen LogP contribution in [0.4, 0.5) is 13.2 Å². The van der Waals surface area contributed by atoms with Crippen molar-refractivity contribution in [1.82, 2.24) is 15.3 Å². The Kier molecular flexibility index (Phi) is 8.03. The van der Waals surface area contributed by atoms with E-state index in [0.717, 1.165) is 11.6 Å². The molecule has 3 rings (SSSR count). The summed E-state index contributed by atoms with van der Waals surface area (Å²) in [6.07, 6.45) is 0.312. The summed E-state index contributed by atoms with van der Waals surface area (Å²) < 4.78 is 42.9. The van der Waals surface area contributed by atoms with Gasteiger partial charge in [0.05, 0.1) is 13.2 Å². The molecule has 180 valence electrons. The van der Waals surface area contributed by atoms with E-state index in [-0.39, 0.29) is 28.3 Å². The minimum absolute atomic E-state index is 0.0397. The van der Waals surface area contributed by atoms with Gasteiger partial charge in [0, 0.05) is 17.4 Å². The molecular weight excluding hydrogens is 467 g/mol. The van der Waals surface area contributed by atoms with Gasteiger partial charge >= 0.3 is 5.51 Å². The molecule has 0 saturated carbocycles. The van der Waals surface area contributed by atoms with Gasteiger partial charge in [-0.1, -0.05) is 38.1 Å². The number of carbonyl (C=O) groups excluding carboxylic acids is 1. The summed E-state index contributed by atoms with van der Waals surface area (Å²) in [5, 5.41) is 2.85. The predicted octanol–water partition coefficient (Wildman–Crippen LogP) is 5.11. The Hall–Kier alpha value is -3.27. The van der Waals surface area contributed by atoms with E-state index in [9.17, 15) is 22.8 Å². The molecule has 0 fully saturated rings. The number of halogens is 3. The Bertz CT molecular complexity index is 1180. The number of aromatic amines is 1. The number of rotatable bonds is 8. The Morgan fingerprint density at radius 3 is 2.32 bits per heavy atom. The summed E-state index contributed by atoms with van der Waals surface area (Å²) in [5.41, 5.74) is -3.35. The highest BCUT2D eigenvalue weighted by molar-refractivity contribution is 8.00. The Morgan fingerprint density at radius 2 is 1.76 bits per heavy atom. The van der Waals surface area contributed by atoms with Crippen molar-refractivity contribution in [2.45, 2.75) is 36.7 Å². The van der Waals surface area contributed by atoms with Crippen LogP contribution in [-0.2, 0) is 6.42 Å². The molecule has 1 aromatic heterocycles. The first-order chi connectivity index (χ1) is 16.0. The number of hydrogen-bond acceptors (Lipinski definition) is 5. The van der Waals surface area contributed by atoms with Crippen LogP contribution in [0.25, 0.3) is 0 Å². The number of H-pyrrole nitrogens is 1. The van der Waals surface area contributed by atoms with Crippen molar-refractivity contribution < 1.29 is 22.7 Å². The molecule has 0 spiro atoms.